The summed E-state index contributed by atoms with van der Waals surface area (Å²) >= 11 is 0. The Morgan fingerprint density at radius 3 is 1.97 bits per heavy atom. The van der Waals surface area contributed by atoms with Crippen LogP contribution in [-0.4, -0.2) is 190 Å². The van der Waals surface area contributed by atoms with Crippen molar-refractivity contribution in [2.24, 2.45) is 0 Å². The highest BCUT2D eigenvalue weighted by Crippen LogP contribution is 2.46. The molecule has 14 N–H and O–H groups in total. The van der Waals surface area contributed by atoms with Crippen molar-refractivity contribution in [2.45, 2.75) is 99.0 Å². The Hall–Kier alpha value is -5.84. The summed E-state index contributed by atoms with van der Waals surface area (Å²) in [6.07, 6.45) is -23.6. The fourth-order valence-corrected chi connectivity index (χ4v) is 7.48. The van der Waals surface area contributed by atoms with Gasteiger partial charge in [-0.1, -0.05) is 6.07 Å². The van der Waals surface area contributed by atoms with Crippen LogP contribution < -0.4 is 14.2 Å². The SMILES string of the molecule is COc1cc(-c2[o+]c3cc(O)cc(O[C@@H]4O[C@H](CO)[C@@H](O)[C@H](O)[C@H]4O)c3cc2O[C@@H]2O[C@H](CO[C@@H]3O[C@H](C)[C@H](OC(=O)/C=C/c4ccc(O)c(O)c4)[C@@H](O)[C@H]3O)[C@@H](O)[C@H](O)[C@H]2O)cc(O)c1O. The van der Waals surface area contributed by atoms with Crippen LogP contribution in [0.4, 0.5) is 0 Å². The zero-order valence-electron chi connectivity index (χ0n) is 35.2. The molecule has 4 heterocycles. The molecule has 24 nitrogen and oxygen atoms in total. The van der Waals surface area contributed by atoms with Crippen LogP contribution in [0.5, 0.6) is 46.0 Å². The van der Waals surface area contributed by atoms with Crippen LogP contribution in [0.25, 0.3) is 28.4 Å². The van der Waals surface area contributed by atoms with Crippen LogP contribution in [0.15, 0.2) is 59.0 Å². The molecule has 0 saturated carbocycles. The van der Waals surface area contributed by atoms with E-state index in [-0.39, 0.29) is 45.3 Å². The third kappa shape index (κ3) is 10.2. The second-order valence-corrected chi connectivity index (χ2v) is 15.8. The van der Waals surface area contributed by atoms with Gasteiger partial charge in [0, 0.05) is 30.3 Å². The van der Waals surface area contributed by atoms with Crippen LogP contribution in [0.3, 0.4) is 0 Å². The standard InChI is InChI=1S/C43H48O24/c1-15-39(67-29(49)6-4-16-3-5-20(46)21(47)7-16)35(55)38(58)41(61-15)60-14-28-32(52)34(54)37(57)43(66-28)64-26-12-19-23(62-40(26)17-8-22(48)30(50)25(9-17)59-2)10-18(45)11-24(19)63-42-36(56)33(53)31(51)27(13-44)65-42/h3-12,15,27-28,31-39,41-44,51-58H,13-14H2,1-2H3,(H4-,45,46,47,48,49,50)/p+1/t15-,27-,28-,31-,32-,33+,34+,35+,36-,37-,38-,39+,41-,42-,43-/m1/s1. The van der Waals surface area contributed by atoms with E-state index in [1.54, 1.807) is 0 Å². The molecule has 0 spiro atoms. The van der Waals surface area contributed by atoms with Gasteiger partial charge in [0.1, 0.15) is 77.9 Å². The lowest BCUT2D eigenvalue weighted by molar-refractivity contribution is -0.319. The number of aromatic hydroxyl groups is 5. The topological polar surface area (TPSA) is 385 Å². The van der Waals surface area contributed by atoms with Crippen molar-refractivity contribution >= 4 is 23.0 Å². The summed E-state index contributed by atoms with van der Waals surface area (Å²) in [5.74, 6) is -4.82. The summed E-state index contributed by atoms with van der Waals surface area (Å²) in [5, 5.41) is 147. The average Bonchev–Trinajstić information content (AvgIpc) is 3.30. The van der Waals surface area contributed by atoms with E-state index in [9.17, 15) is 76.3 Å². The molecule has 7 rings (SSSR count). The van der Waals surface area contributed by atoms with Gasteiger partial charge in [-0.15, -0.1) is 0 Å². The van der Waals surface area contributed by atoms with E-state index in [1.807, 2.05) is 0 Å². The summed E-state index contributed by atoms with van der Waals surface area (Å²) in [6.45, 7) is -0.0866. The number of aliphatic hydroxyl groups excluding tert-OH is 9. The van der Waals surface area contributed by atoms with Crippen LogP contribution in [0.2, 0.25) is 0 Å². The molecule has 3 saturated heterocycles. The molecule has 364 valence electrons. The van der Waals surface area contributed by atoms with E-state index in [2.05, 4.69) is 0 Å². The van der Waals surface area contributed by atoms with E-state index < -0.39 is 134 Å². The molecule has 3 aliphatic heterocycles. The number of carbonyl (C=O) groups excluding carboxylic acids is 1. The highest BCUT2D eigenvalue weighted by atomic mass is 16.7. The highest BCUT2D eigenvalue weighted by Gasteiger charge is 2.50. The molecule has 3 aromatic carbocycles. The zero-order chi connectivity index (χ0) is 48.6. The first-order chi connectivity index (χ1) is 31.8. The molecular weight excluding hydrogens is 900 g/mol. The molecule has 1 aromatic heterocycles. The third-order valence-corrected chi connectivity index (χ3v) is 11.2. The molecule has 3 fully saturated rings. The monoisotopic (exact) mass is 949 g/mol. The van der Waals surface area contributed by atoms with Gasteiger partial charge in [0.15, 0.2) is 35.4 Å². The van der Waals surface area contributed by atoms with Crippen molar-refractivity contribution in [1.82, 2.24) is 0 Å². The quantitative estimate of drug-likeness (QED) is 0.0310. The number of ether oxygens (including phenoxy) is 8. The number of hydrogen-bond donors (Lipinski definition) is 14. The van der Waals surface area contributed by atoms with Gasteiger partial charge < -0.3 is 109 Å². The van der Waals surface area contributed by atoms with Gasteiger partial charge in [0.05, 0.1) is 38.1 Å². The summed E-state index contributed by atoms with van der Waals surface area (Å²) in [4.78, 5) is 12.6. The van der Waals surface area contributed by atoms with Gasteiger partial charge in [-0.25, -0.2) is 9.21 Å². The Bertz CT molecular complexity index is 2430. The third-order valence-electron chi connectivity index (χ3n) is 11.2. The minimum absolute atomic E-state index is 0.0525. The molecule has 0 aliphatic carbocycles. The summed E-state index contributed by atoms with van der Waals surface area (Å²) in [6, 6.07) is 9.41. The molecule has 0 amide bonds. The predicted octanol–water partition coefficient (Wildman–Crippen LogP) is -1.61. The Morgan fingerprint density at radius 1 is 0.672 bits per heavy atom. The van der Waals surface area contributed by atoms with Gasteiger partial charge in [0.2, 0.25) is 24.1 Å². The number of carbonyl (C=O) groups is 1. The lowest BCUT2D eigenvalue weighted by Gasteiger charge is -2.42. The molecule has 0 unspecified atom stereocenters. The first-order valence-electron chi connectivity index (χ1n) is 20.4. The number of phenolic OH excluding ortho intramolecular Hbond substituents is 5. The Labute approximate surface area is 378 Å². The Morgan fingerprint density at radius 2 is 1.31 bits per heavy atom. The van der Waals surface area contributed by atoms with E-state index in [0.717, 1.165) is 24.3 Å². The molecule has 0 bridgehead atoms. The number of fused-ring (bicyclic) bond motifs is 1. The van der Waals surface area contributed by atoms with Crippen molar-refractivity contribution in [3.05, 3.63) is 60.2 Å². The van der Waals surface area contributed by atoms with Gasteiger partial charge in [-0.3, -0.25) is 0 Å². The van der Waals surface area contributed by atoms with E-state index >= 15 is 0 Å². The number of aliphatic hydroxyl groups is 9. The van der Waals surface area contributed by atoms with E-state index in [1.165, 1.54) is 50.4 Å². The van der Waals surface area contributed by atoms with Crippen molar-refractivity contribution < 1.29 is 119 Å². The van der Waals surface area contributed by atoms with Crippen molar-refractivity contribution in [1.29, 1.82) is 0 Å². The highest BCUT2D eigenvalue weighted by molar-refractivity contribution is 5.89. The first kappa shape index (κ1) is 49.1. The fourth-order valence-electron chi connectivity index (χ4n) is 7.48. The lowest BCUT2D eigenvalue weighted by Crippen LogP contribution is -2.62. The maximum atomic E-state index is 12.6. The zero-order valence-corrected chi connectivity index (χ0v) is 35.2. The van der Waals surface area contributed by atoms with Gasteiger partial charge in [0.25, 0.3) is 0 Å². The molecule has 15 atom stereocenters. The normalized spacial score (nSPS) is 32.3. The number of benzene rings is 3. The number of phenols is 5. The van der Waals surface area contributed by atoms with Crippen molar-refractivity contribution in [3.63, 3.8) is 0 Å². The van der Waals surface area contributed by atoms with Crippen LogP contribution in [-0.2, 0) is 28.5 Å². The summed E-state index contributed by atoms with van der Waals surface area (Å²) in [7, 11) is 1.19. The van der Waals surface area contributed by atoms with Gasteiger partial charge >= 0.3 is 17.3 Å². The minimum Gasteiger partial charge on any atom is -0.507 e. The molecular formula is C43H49O24+. The van der Waals surface area contributed by atoms with E-state index in [0.29, 0.717) is 5.56 Å². The lowest BCUT2D eigenvalue weighted by atomic mass is 9.98. The maximum absolute atomic E-state index is 12.6. The van der Waals surface area contributed by atoms with Crippen LogP contribution in [0.1, 0.15) is 12.5 Å². The second-order valence-electron chi connectivity index (χ2n) is 15.8. The summed E-state index contributed by atoms with van der Waals surface area (Å²) in [5.41, 5.74) is 0.0995. The van der Waals surface area contributed by atoms with E-state index in [4.69, 9.17) is 42.3 Å². The van der Waals surface area contributed by atoms with Crippen molar-refractivity contribution in [2.75, 3.05) is 20.3 Å². The van der Waals surface area contributed by atoms with Gasteiger partial charge in [-0.2, -0.15) is 0 Å². The number of methoxy groups -OCH3 is 1. The van der Waals surface area contributed by atoms with Gasteiger partial charge in [-0.05, 0) is 30.7 Å². The van der Waals surface area contributed by atoms with Crippen molar-refractivity contribution in [3.8, 4) is 57.3 Å². The second kappa shape index (κ2) is 20.2. The number of hydrogen-bond acceptors (Lipinski definition) is 23. The number of rotatable bonds is 13. The minimum atomic E-state index is -2.02. The van der Waals surface area contributed by atoms with Crippen LogP contribution in [0, 0.1) is 0 Å². The maximum Gasteiger partial charge on any atom is 0.402 e. The van der Waals surface area contributed by atoms with Crippen LogP contribution >= 0.6 is 0 Å². The molecule has 0 radical (unpaired) electrons. The number of esters is 1. The smallest absolute Gasteiger partial charge is 0.402 e. The molecule has 24 heteroatoms. The fraction of sp³-hybridized carbons (Fsp3) is 0.442. The summed E-state index contributed by atoms with van der Waals surface area (Å²) < 4.78 is 51.2. The average molecular weight is 950 g/mol. The largest absolute Gasteiger partial charge is 0.507 e. The first-order valence-corrected chi connectivity index (χ1v) is 20.4. The molecule has 4 aromatic rings. The Kier molecular flexibility index (Phi) is 14.8. The molecule has 67 heavy (non-hydrogen) atoms. The Balaban J connectivity index is 1.12. The predicted molar refractivity (Wildman–Crippen MR) is 220 cm³/mol. The molecule has 3 aliphatic rings.